The SMILES string of the molecule is O=C(CCCC[C@@H]1SC[C@H]2NC(=O)N[C@@H]12)NCc1ccc(-c2nncnn2)cc1. The number of thioether (sulfide) groups is 1. The summed E-state index contributed by atoms with van der Waals surface area (Å²) in [5.41, 5.74) is 1.85. The number of carbonyl (C=O) groups excluding carboxylic acids is 2. The topological polar surface area (TPSA) is 122 Å². The van der Waals surface area contributed by atoms with Gasteiger partial charge in [-0.1, -0.05) is 30.7 Å². The van der Waals surface area contributed by atoms with Crippen LogP contribution in [0.5, 0.6) is 0 Å². The van der Waals surface area contributed by atoms with E-state index in [1.165, 1.54) is 6.33 Å². The molecular formula is C19H23N7O2S. The fraction of sp³-hybridized carbons (Fsp3) is 0.474. The second kappa shape index (κ2) is 9.17. The predicted molar refractivity (Wildman–Crippen MR) is 109 cm³/mol. The quantitative estimate of drug-likeness (QED) is 0.440. The molecule has 0 aliphatic carbocycles. The smallest absolute Gasteiger partial charge is 0.315 e. The van der Waals surface area contributed by atoms with Gasteiger partial charge < -0.3 is 16.0 Å². The molecule has 2 fully saturated rings. The lowest BCUT2D eigenvalue weighted by Gasteiger charge is -2.16. The van der Waals surface area contributed by atoms with E-state index in [2.05, 4.69) is 36.3 Å². The van der Waals surface area contributed by atoms with E-state index < -0.39 is 0 Å². The Balaban J connectivity index is 1.14. The summed E-state index contributed by atoms with van der Waals surface area (Å²) in [5.74, 6) is 1.50. The Labute approximate surface area is 172 Å². The number of amides is 3. The summed E-state index contributed by atoms with van der Waals surface area (Å²) in [5, 5.41) is 24.7. The zero-order valence-electron chi connectivity index (χ0n) is 15.9. The van der Waals surface area contributed by atoms with Crippen LogP contribution in [-0.4, -0.2) is 55.4 Å². The molecule has 3 N–H and O–H groups in total. The zero-order valence-corrected chi connectivity index (χ0v) is 16.7. The highest BCUT2D eigenvalue weighted by atomic mass is 32.2. The van der Waals surface area contributed by atoms with E-state index in [1.54, 1.807) is 0 Å². The molecule has 4 rings (SSSR count). The molecule has 0 unspecified atom stereocenters. The van der Waals surface area contributed by atoms with Gasteiger partial charge in [-0.05, 0) is 18.4 Å². The van der Waals surface area contributed by atoms with Crippen LogP contribution in [0.2, 0.25) is 0 Å². The maximum Gasteiger partial charge on any atom is 0.315 e. The van der Waals surface area contributed by atoms with Crippen LogP contribution in [0.3, 0.4) is 0 Å². The van der Waals surface area contributed by atoms with Crippen LogP contribution in [0, 0.1) is 0 Å². The molecule has 10 heteroatoms. The van der Waals surface area contributed by atoms with Crippen LogP contribution in [-0.2, 0) is 11.3 Å². The Hall–Kier alpha value is -2.75. The van der Waals surface area contributed by atoms with Crippen molar-refractivity contribution in [3.8, 4) is 11.4 Å². The molecule has 1 aromatic heterocycles. The van der Waals surface area contributed by atoms with Crippen LogP contribution in [0.1, 0.15) is 31.2 Å². The average molecular weight is 414 g/mol. The highest BCUT2D eigenvalue weighted by Gasteiger charge is 2.42. The van der Waals surface area contributed by atoms with E-state index in [0.29, 0.717) is 24.0 Å². The lowest BCUT2D eigenvalue weighted by Crippen LogP contribution is -2.36. The molecule has 2 aliphatic rings. The number of aromatic nitrogens is 4. The summed E-state index contributed by atoms with van der Waals surface area (Å²) < 4.78 is 0. The van der Waals surface area contributed by atoms with Crippen molar-refractivity contribution in [1.82, 2.24) is 36.3 Å². The normalized spacial score (nSPS) is 22.6. The van der Waals surface area contributed by atoms with E-state index >= 15 is 0 Å². The van der Waals surface area contributed by atoms with E-state index in [1.807, 2.05) is 36.0 Å². The van der Waals surface area contributed by atoms with Crippen LogP contribution < -0.4 is 16.0 Å². The number of urea groups is 1. The van der Waals surface area contributed by atoms with E-state index in [-0.39, 0.29) is 24.0 Å². The van der Waals surface area contributed by atoms with Gasteiger partial charge in [-0.3, -0.25) is 4.79 Å². The molecule has 29 heavy (non-hydrogen) atoms. The Morgan fingerprint density at radius 3 is 2.72 bits per heavy atom. The molecule has 0 saturated carbocycles. The molecule has 2 saturated heterocycles. The van der Waals surface area contributed by atoms with Gasteiger partial charge in [-0.25, -0.2) is 4.79 Å². The molecule has 2 aromatic rings. The number of hydrogen-bond acceptors (Lipinski definition) is 7. The van der Waals surface area contributed by atoms with Crippen molar-refractivity contribution in [1.29, 1.82) is 0 Å². The maximum absolute atomic E-state index is 12.1. The largest absolute Gasteiger partial charge is 0.352 e. The lowest BCUT2D eigenvalue weighted by atomic mass is 10.0. The van der Waals surface area contributed by atoms with Crippen molar-refractivity contribution in [2.24, 2.45) is 0 Å². The molecule has 1 aromatic carbocycles. The van der Waals surface area contributed by atoms with E-state index in [0.717, 1.165) is 36.1 Å². The number of nitrogens with one attached hydrogen (secondary N) is 3. The summed E-state index contributed by atoms with van der Waals surface area (Å²) in [6.07, 6.45) is 4.67. The fourth-order valence-electron chi connectivity index (χ4n) is 3.65. The zero-order chi connectivity index (χ0) is 20.1. The molecule has 152 valence electrons. The first-order valence-corrected chi connectivity index (χ1v) is 10.8. The highest BCUT2D eigenvalue weighted by molar-refractivity contribution is 8.00. The minimum atomic E-state index is -0.0534. The Morgan fingerprint density at radius 1 is 1.14 bits per heavy atom. The van der Waals surface area contributed by atoms with Gasteiger partial charge >= 0.3 is 6.03 Å². The van der Waals surface area contributed by atoms with E-state index in [9.17, 15) is 9.59 Å². The first kappa shape index (κ1) is 19.6. The fourth-order valence-corrected chi connectivity index (χ4v) is 5.20. The Bertz CT molecular complexity index is 849. The first-order chi connectivity index (χ1) is 14.2. The van der Waals surface area contributed by atoms with Crippen LogP contribution in [0.25, 0.3) is 11.4 Å². The van der Waals surface area contributed by atoms with Crippen molar-refractivity contribution >= 4 is 23.7 Å². The van der Waals surface area contributed by atoms with Gasteiger partial charge in [0.1, 0.15) is 0 Å². The van der Waals surface area contributed by atoms with Gasteiger partial charge in [0.05, 0.1) is 12.1 Å². The third kappa shape index (κ3) is 5.00. The van der Waals surface area contributed by atoms with Gasteiger partial charge in [-0.15, -0.1) is 20.4 Å². The summed E-state index contributed by atoms with van der Waals surface area (Å²) in [4.78, 5) is 23.5. The predicted octanol–water partition coefficient (Wildman–Crippen LogP) is 1.28. The van der Waals surface area contributed by atoms with Crippen molar-refractivity contribution in [2.75, 3.05) is 5.75 Å². The molecule has 3 atom stereocenters. The summed E-state index contributed by atoms with van der Waals surface area (Å²) in [7, 11) is 0. The minimum absolute atomic E-state index is 0.0534. The van der Waals surface area contributed by atoms with Crippen molar-refractivity contribution < 1.29 is 9.59 Å². The molecule has 9 nitrogen and oxygen atoms in total. The molecule has 2 aliphatic heterocycles. The third-order valence-electron chi connectivity index (χ3n) is 5.19. The molecule has 3 amide bonds. The van der Waals surface area contributed by atoms with E-state index in [4.69, 9.17) is 0 Å². The number of fused-ring (bicyclic) bond motifs is 1. The number of unbranched alkanes of at least 4 members (excludes halogenated alkanes) is 1. The molecule has 0 bridgehead atoms. The van der Waals surface area contributed by atoms with Crippen LogP contribution in [0.15, 0.2) is 30.6 Å². The molecule has 3 heterocycles. The number of rotatable bonds is 8. The van der Waals surface area contributed by atoms with Gasteiger partial charge in [0.25, 0.3) is 0 Å². The minimum Gasteiger partial charge on any atom is -0.352 e. The molecular weight excluding hydrogens is 390 g/mol. The third-order valence-corrected chi connectivity index (χ3v) is 6.70. The Morgan fingerprint density at radius 2 is 1.93 bits per heavy atom. The second-order valence-corrected chi connectivity index (χ2v) is 8.48. The molecule has 0 radical (unpaired) electrons. The van der Waals surface area contributed by atoms with Crippen LogP contribution in [0.4, 0.5) is 4.79 Å². The monoisotopic (exact) mass is 413 g/mol. The number of hydrogen-bond donors (Lipinski definition) is 3. The average Bonchev–Trinajstić information content (AvgIpc) is 3.30. The van der Waals surface area contributed by atoms with Crippen molar-refractivity contribution in [2.45, 2.75) is 49.6 Å². The van der Waals surface area contributed by atoms with Gasteiger partial charge in [0, 0.05) is 29.5 Å². The lowest BCUT2D eigenvalue weighted by molar-refractivity contribution is -0.121. The summed E-state index contributed by atoms with van der Waals surface area (Å²) in [6, 6.07) is 8.09. The van der Waals surface area contributed by atoms with Crippen molar-refractivity contribution in [3.63, 3.8) is 0 Å². The summed E-state index contributed by atoms with van der Waals surface area (Å²) in [6.45, 7) is 0.491. The van der Waals surface area contributed by atoms with Crippen molar-refractivity contribution in [3.05, 3.63) is 36.2 Å². The van der Waals surface area contributed by atoms with Gasteiger partial charge in [-0.2, -0.15) is 11.8 Å². The second-order valence-electron chi connectivity index (χ2n) is 7.21. The number of benzene rings is 1. The van der Waals surface area contributed by atoms with Gasteiger partial charge in [0.15, 0.2) is 6.33 Å². The number of carbonyl (C=O) groups is 2. The number of nitrogens with zero attached hydrogens (tertiary/aromatic N) is 4. The Kier molecular flexibility index (Phi) is 6.18. The summed E-state index contributed by atoms with van der Waals surface area (Å²) >= 11 is 1.91. The van der Waals surface area contributed by atoms with Crippen LogP contribution >= 0.6 is 11.8 Å². The standard InChI is InChI=1S/C19H23N7O2S/c27-16(4-2-1-3-15-17-14(10-29-15)23-19(28)24-17)20-9-12-5-7-13(8-6-12)18-25-21-11-22-26-18/h5-8,11,14-15,17H,1-4,9-10H2,(H,20,27)(H2,23,24,28)/t14-,15+,17-/m1/s1. The highest BCUT2D eigenvalue weighted by Crippen LogP contribution is 2.33. The molecule has 0 spiro atoms. The maximum atomic E-state index is 12.1. The van der Waals surface area contributed by atoms with Gasteiger partial charge in [0.2, 0.25) is 11.7 Å². The first-order valence-electron chi connectivity index (χ1n) is 9.74.